The first-order valence-electron chi connectivity index (χ1n) is 19.7. The summed E-state index contributed by atoms with van der Waals surface area (Å²) >= 11 is 0. The number of benzene rings is 7. The second-order valence-corrected chi connectivity index (χ2v) is 15.1. The smallest absolute Gasteiger partial charge is 0.157 e. The van der Waals surface area contributed by atoms with Crippen LogP contribution in [0.1, 0.15) is 46.2 Å². The highest BCUT2D eigenvalue weighted by Crippen LogP contribution is 2.64. The highest BCUT2D eigenvalue weighted by molar-refractivity contribution is 6.14. The first kappa shape index (κ1) is 33.1. The molecule has 0 saturated heterocycles. The minimum Gasteiger partial charge on any atom is -0.383 e. The van der Waals surface area contributed by atoms with E-state index in [1.165, 1.54) is 61.2 Å². The summed E-state index contributed by atoms with van der Waals surface area (Å²) in [5.74, 6) is 1.03. The van der Waals surface area contributed by atoms with E-state index in [4.69, 9.17) is 10.7 Å². The molecule has 2 aliphatic carbocycles. The van der Waals surface area contributed by atoms with E-state index in [1.807, 2.05) is 36.4 Å². The molecule has 0 amide bonds. The fraction of sp³-hybridized carbons (Fsp3) is 0.0769. The van der Waals surface area contributed by atoms with Crippen LogP contribution in [0, 0.1) is 0 Å². The quantitative estimate of drug-likeness (QED) is 0.140. The van der Waals surface area contributed by atoms with Crippen molar-refractivity contribution in [1.29, 1.82) is 0 Å². The van der Waals surface area contributed by atoms with Crippen LogP contribution in [0.15, 0.2) is 192 Å². The van der Waals surface area contributed by atoms with Crippen molar-refractivity contribution >= 4 is 44.9 Å². The predicted octanol–water partition coefficient (Wildman–Crippen LogP) is 11.8. The molecule has 1 aliphatic heterocycles. The van der Waals surface area contributed by atoms with E-state index < -0.39 is 5.41 Å². The van der Waals surface area contributed by atoms with Gasteiger partial charge in [0.1, 0.15) is 5.84 Å². The minimum atomic E-state index is -0.562. The summed E-state index contributed by atoms with van der Waals surface area (Å²) in [5, 5.41) is 2.47. The third-order valence-corrected chi connectivity index (χ3v) is 12.1. The molecule has 0 bridgehead atoms. The molecular weight excluding hydrogens is 695 g/mol. The largest absolute Gasteiger partial charge is 0.383 e. The number of nitrogens with zero attached hydrogens (tertiary/aromatic N) is 3. The van der Waals surface area contributed by atoms with Gasteiger partial charge >= 0.3 is 0 Å². The molecule has 0 saturated carbocycles. The molecule has 8 aromatic rings. The number of hydrogen-bond acceptors (Lipinski definition) is 2. The third-order valence-electron chi connectivity index (χ3n) is 12.1. The number of anilines is 2. The van der Waals surface area contributed by atoms with Gasteiger partial charge in [-0.05, 0) is 93.8 Å². The van der Waals surface area contributed by atoms with E-state index in [0.29, 0.717) is 11.7 Å². The maximum Gasteiger partial charge on any atom is 0.157 e. The Morgan fingerprint density at radius 2 is 1.37 bits per heavy atom. The number of amidine groups is 2. The Balaban J connectivity index is 1.17. The lowest BCUT2D eigenvalue weighted by Gasteiger charge is -2.46. The summed E-state index contributed by atoms with van der Waals surface area (Å²) in [6.07, 6.45) is 8.77. The first-order chi connectivity index (χ1) is 28.1. The minimum absolute atomic E-state index is 0.434. The summed E-state index contributed by atoms with van der Waals surface area (Å²) in [5.41, 5.74) is 23.6. The van der Waals surface area contributed by atoms with Gasteiger partial charge in [-0.25, -0.2) is 4.99 Å². The Morgan fingerprint density at radius 1 is 0.632 bits per heavy atom. The van der Waals surface area contributed by atoms with Gasteiger partial charge in [0.05, 0.1) is 16.8 Å². The van der Waals surface area contributed by atoms with Crippen molar-refractivity contribution in [3.63, 3.8) is 0 Å². The Hall–Kier alpha value is -7.24. The number of allylic oxidation sites excluding steroid dienone is 4. The van der Waals surface area contributed by atoms with Gasteiger partial charge in [0.15, 0.2) is 5.84 Å². The molecule has 2 heterocycles. The highest BCUT2D eigenvalue weighted by atomic mass is 15.2. The lowest BCUT2D eigenvalue weighted by atomic mass is 9.64. The summed E-state index contributed by atoms with van der Waals surface area (Å²) in [4.78, 5) is 15.9. The maximum absolute atomic E-state index is 6.55. The zero-order valence-corrected chi connectivity index (χ0v) is 31.6. The Kier molecular flexibility index (Phi) is 7.51. The van der Waals surface area contributed by atoms with Crippen LogP contribution in [0.25, 0.3) is 44.1 Å². The van der Waals surface area contributed by atoms with Crippen molar-refractivity contribution < 1.29 is 0 Å². The molecule has 0 radical (unpaired) electrons. The molecule has 1 unspecified atom stereocenters. The third kappa shape index (κ3) is 4.88. The second kappa shape index (κ2) is 12.9. The van der Waals surface area contributed by atoms with Crippen LogP contribution in [-0.4, -0.2) is 23.7 Å². The van der Waals surface area contributed by atoms with Crippen LogP contribution in [0.4, 0.5) is 11.4 Å². The molecule has 11 rings (SSSR count). The van der Waals surface area contributed by atoms with Crippen LogP contribution >= 0.6 is 0 Å². The van der Waals surface area contributed by atoms with Crippen molar-refractivity contribution in [1.82, 2.24) is 4.98 Å². The SMILES string of the molecule is CN=C(N=C(N)c1ccccc1)c1ccccc1-c1ccc2c(c1)-c1ccccc1C21c2ccccc2N(C2=CC=CCC2)c2cc3c(cc21)[nH]c1ccccc13. The normalized spacial score (nSPS) is 17.1. The molecule has 1 spiro atoms. The van der Waals surface area contributed by atoms with Crippen LogP contribution < -0.4 is 10.6 Å². The van der Waals surface area contributed by atoms with Crippen molar-refractivity contribution in [2.75, 3.05) is 11.9 Å². The number of fused-ring (bicyclic) bond motifs is 12. The molecule has 1 aromatic heterocycles. The predicted molar refractivity (Wildman–Crippen MR) is 237 cm³/mol. The maximum atomic E-state index is 6.55. The van der Waals surface area contributed by atoms with E-state index in [9.17, 15) is 0 Å². The molecule has 3 N–H and O–H groups in total. The number of aromatic nitrogens is 1. The summed E-state index contributed by atoms with van der Waals surface area (Å²) in [6, 6.07) is 56.9. The van der Waals surface area contributed by atoms with Crippen molar-refractivity contribution in [2.45, 2.75) is 18.3 Å². The summed E-state index contributed by atoms with van der Waals surface area (Å²) in [7, 11) is 1.78. The van der Waals surface area contributed by atoms with Gasteiger partial charge in [-0.3, -0.25) is 4.99 Å². The van der Waals surface area contributed by atoms with Gasteiger partial charge in [0.25, 0.3) is 0 Å². The number of para-hydroxylation sites is 2. The molecule has 3 aliphatic rings. The van der Waals surface area contributed by atoms with E-state index in [0.717, 1.165) is 46.1 Å². The van der Waals surface area contributed by atoms with Gasteiger partial charge in [-0.2, -0.15) is 0 Å². The number of rotatable bonds is 4. The van der Waals surface area contributed by atoms with Crippen LogP contribution in [0.5, 0.6) is 0 Å². The standard InChI is InChI=1S/C52H39N5/c1-54-51(56-50(53)33-16-4-2-5-17-33)39-23-9-8-20-36(39)34-28-29-43-40(30-34)37-21-10-12-24-42(37)52(43)44-25-13-15-27-48(44)57(35-18-6-3-7-19-35)49-31-41-38-22-11-14-26-46(38)55-47(41)32-45(49)52/h2-6,8-18,20-32,55H,7,19H2,1H3,(H2,53,54,56). The number of aromatic amines is 1. The molecule has 0 fully saturated rings. The lowest BCUT2D eigenvalue weighted by Crippen LogP contribution is -2.37. The Bertz CT molecular complexity index is 3050. The van der Waals surface area contributed by atoms with Crippen molar-refractivity contribution in [3.05, 3.63) is 215 Å². The molecule has 1 atom stereocenters. The van der Waals surface area contributed by atoms with Crippen LogP contribution in [0.3, 0.4) is 0 Å². The van der Waals surface area contributed by atoms with E-state index in [1.54, 1.807) is 7.05 Å². The number of nitrogens with one attached hydrogen (secondary N) is 1. The molecule has 5 heteroatoms. The van der Waals surface area contributed by atoms with E-state index >= 15 is 0 Å². The fourth-order valence-electron chi connectivity index (χ4n) is 9.70. The van der Waals surface area contributed by atoms with E-state index in [-0.39, 0.29) is 0 Å². The number of aliphatic imine (C=N–C) groups is 2. The average Bonchev–Trinajstić information content (AvgIpc) is 3.78. The molecule has 5 nitrogen and oxygen atoms in total. The number of hydrogen-bond donors (Lipinski definition) is 2. The van der Waals surface area contributed by atoms with Gasteiger partial charge in [0, 0.05) is 45.7 Å². The van der Waals surface area contributed by atoms with E-state index in [2.05, 4.69) is 154 Å². The highest BCUT2D eigenvalue weighted by Gasteiger charge is 2.52. The van der Waals surface area contributed by atoms with Crippen LogP contribution in [0.2, 0.25) is 0 Å². The molecule has 7 aromatic carbocycles. The monoisotopic (exact) mass is 733 g/mol. The lowest BCUT2D eigenvalue weighted by molar-refractivity contribution is 0.743. The number of nitrogens with two attached hydrogens (primary N) is 1. The second-order valence-electron chi connectivity index (χ2n) is 15.1. The molecule has 272 valence electrons. The molecular formula is C52H39N5. The fourth-order valence-corrected chi connectivity index (χ4v) is 9.70. The van der Waals surface area contributed by atoms with Crippen LogP contribution in [-0.2, 0) is 5.41 Å². The zero-order valence-electron chi connectivity index (χ0n) is 31.6. The Morgan fingerprint density at radius 3 is 2.21 bits per heavy atom. The topological polar surface area (TPSA) is 69.8 Å². The average molecular weight is 734 g/mol. The van der Waals surface area contributed by atoms with Gasteiger partial charge in [-0.15, -0.1) is 0 Å². The van der Waals surface area contributed by atoms with Crippen molar-refractivity contribution in [2.24, 2.45) is 15.7 Å². The molecule has 57 heavy (non-hydrogen) atoms. The van der Waals surface area contributed by atoms with Gasteiger partial charge in [-0.1, -0.05) is 140 Å². The zero-order chi connectivity index (χ0) is 38.1. The van der Waals surface area contributed by atoms with Gasteiger partial charge in [0.2, 0.25) is 0 Å². The number of H-pyrrole nitrogens is 1. The summed E-state index contributed by atoms with van der Waals surface area (Å²) in [6.45, 7) is 0. The summed E-state index contributed by atoms with van der Waals surface area (Å²) < 4.78 is 0. The van der Waals surface area contributed by atoms with Crippen molar-refractivity contribution in [3.8, 4) is 22.3 Å². The first-order valence-corrected chi connectivity index (χ1v) is 19.7. The van der Waals surface area contributed by atoms with Gasteiger partial charge < -0.3 is 15.6 Å². The Labute approximate surface area is 331 Å².